The van der Waals surface area contributed by atoms with Gasteiger partial charge in [-0.15, -0.1) is 0 Å². The average molecular weight is 345 g/mol. The molecule has 1 amide bonds. The summed E-state index contributed by atoms with van der Waals surface area (Å²) in [6.45, 7) is 3.40. The summed E-state index contributed by atoms with van der Waals surface area (Å²) in [6, 6.07) is 7.28. The Labute approximate surface area is 149 Å². The molecule has 1 aliphatic rings. The van der Waals surface area contributed by atoms with Gasteiger partial charge >= 0.3 is 5.97 Å². The van der Waals surface area contributed by atoms with Gasteiger partial charge in [0.1, 0.15) is 6.54 Å². The van der Waals surface area contributed by atoms with E-state index in [0.29, 0.717) is 5.56 Å². The van der Waals surface area contributed by atoms with Crippen LogP contribution in [0.15, 0.2) is 24.3 Å². The number of amides is 1. The number of benzene rings is 1. The minimum Gasteiger partial charge on any atom is -0.453 e. The number of hydrogen-bond donors (Lipinski definition) is 1. The lowest BCUT2D eigenvalue weighted by atomic mass is 9.89. The predicted octanol–water partition coefficient (Wildman–Crippen LogP) is 3.06. The molecule has 1 atom stereocenters. The molecule has 1 fully saturated rings. The van der Waals surface area contributed by atoms with Crippen LogP contribution in [0.2, 0.25) is 0 Å². The van der Waals surface area contributed by atoms with Crippen LogP contribution >= 0.6 is 0 Å². The molecule has 1 aromatic rings. The maximum Gasteiger partial charge on any atom is 0.326 e. The standard InChI is InChI=1S/C20H27NO4/c1-3-15-9-11-16(12-10-15)19(23)14(2)25-18(22)13-21-20(24)17-7-5-4-6-8-17/h9-12,14,17H,3-8,13H2,1-2H3,(H,21,24). The van der Waals surface area contributed by atoms with Gasteiger partial charge in [-0.05, 0) is 31.7 Å². The largest absolute Gasteiger partial charge is 0.453 e. The molecule has 0 aromatic heterocycles. The van der Waals surface area contributed by atoms with Crippen LogP contribution in [0.5, 0.6) is 0 Å². The quantitative estimate of drug-likeness (QED) is 0.609. The molecule has 136 valence electrons. The fourth-order valence-electron chi connectivity index (χ4n) is 3.10. The molecule has 0 spiro atoms. The van der Waals surface area contributed by atoms with E-state index in [4.69, 9.17) is 4.74 Å². The maximum atomic E-state index is 12.3. The molecule has 0 aliphatic heterocycles. The third-order valence-electron chi connectivity index (χ3n) is 4.71. The van der Waals surface area contributed by atoms with E-state index in [1.807, 2.05) is 19.1 Å². The molecule has 0 heterocycles. The molecule has 25 heavy (non-hydrogen) atoms. The van der Waals surface area contributed by atoms with Gasteiger partial charge in [0.15, 0.2) is 6.10 Å². The molecule has 5 nitrogen and oxygen atoms in total. The van der Waals surface area contributed by atoms with Crippen LogP contribution in [0.4, 0.5) is 0 Å². The highest BCUT2D eigenvalue weighted by Gasteiger charge is 2.23. The van der Waals surface area contributed by atoms with E-state index < -0.39 is 12.1 Å². The summed E-state index contributed by atoms with van der Waals surface area (Å²) < 4.78 is 5.16. The number of hydrogen-bond acceptors (Lipinski definition) is 4. The van der Waals surface area contributed by atoms with Gasteiger partial charge < -0.3 is 10.1 Å². The number of ether oxygens (including phenoxy) is 1. The van der Waals surface area contributed by atoms with E-state index in [9.17, 15) is 14.4 Å². The van der Waals surface area contributed by atoms with Gasteiger partial charge in [0.2, 0.25) is 11.7 Å². The first-order valence-corrected chi connectivity index (χ1v) is 9.11. The molecule has 1 aliphatic carbocycles. The minimum atomic E-state index is -0.869. The van der Waals surface area contributed by atoms with E-state index in [1.165, 1.54) is 6.42 Å². The summed E-state index contributed by atoms with van der Waals surface area (Å²) in [5.41, 5.74) is 1.66. The Morgan fingerprint density at radius 1 is 1.12 bits per heavy atom. The van der Waals surface area contributed by atoms with E-state index in [1.54, 1.807) is 19.1 Å². The van der Waals surface area contributed by atoms with Gasteiger partial charge in [-0.3, -0.25) is 14.4 Å². The van der Waals surface area contributed by atoms with Crippen molar-refractivity contribution in [1.29, 1.82) is 0 Å². The topological polar surface area (TPSA) is 72.5 Å². The summed E-state index contributed by atoms with van der Waals surface area (Å²) in [5, 5.41) is 2.63. The number of Topliss-reactive ketones (excluding diaryl/α,β-unsaturated/α-hetero) is 1. The Morgan fingerprint density at radius 3 is 2.36 bits per heavy atom. The predicted molar refractivity (Wildman–Crippen MR) is 95.3 cm³/mol. The van der Waals surface area contributed by atoms with Crippen molar-refractivity contribution in [2.24, 2.45) is 5.92 Å². The van der Waals surface area contributed by atoms with Gasteiger partial charge in [-0.1, -0.05) is 50.5 Å². The van der Waals surface area contributed by atoms with Crippen molar-refractivity contribution in [3.63, 3.8) is 0 Å². The SMILES string of the molecule is CCc1ccc(C(=O)C(C)OC(=O)CNC(=O)C2CCCCC2)cc1. The zero-order valence-corrected chi connectivity index (χ0v) is 15.0. The van der Waals surface area contributed by atoms with Crippen molar-refractivity contribution in [2.75, 3.05) is 6.54 Å². The first-order valence-electron chi connectivity index (χ1n) is 9.11. The van der Waals surface area contributed by atoms with Crippen molar-refractivity contribution in [3.05, 3.63) is 35.4 Å². The van der Waals surface area contributed by atoms with Gasteiger partial charge in [0.25, 0.3) is 0 Å². The highest BCUT2D eigenvalue weighted by molar-refractivity contribution is 6.00. The van der Waals surface area contributed by atoms with E-state index >= 15 is 0 Å². The second kappa shape index (κ2) is 9.35. The Morgan fingerprint density at radius 2 is 1.76 bits per heavy atom. The van der Waals surface area contributed by atoms with E-state index in [0.717, 1.165) is 37.7 Å². The minimum absolute atomic E-state index is 0.00214. The Balaban J connectivity index is 1.78. The third kappa shape index (κ3) is 5.69. The van der Waals surface area contributed by atoms with Crippen molar-refractivity contribution in [2.45, 2.75) is 58.5 Å². The summed E-state index contributed by atoms with van der Waals surface area (Å²) in [4.78, 5) is 36.2. The van der Waals surface area contributed by atoms with Crippen LogP contribution in [0.3, 0.4) is 0 Å². The first kappa shape index (κ1) is 19.2. The van der Waals surface area contributed by atoms with Crippen molar-refractivity contribution in [1.82, 2.24) is 5.32 Å². The smallest absolute Gasteiger partial charge is 0.326 e. The van der Waals surface area contributed by atoms with Crippen molar-refractivity contribution < 1.29 is 19.1 Å². The number of esters is 1. The zero-order chi connectivity index (χ0) is 18.2. The molecular formula is C20H27NO4. The van der Waals surface area contributed by atoms with Crippen molar-refractivity contribution in [3.8, 4) is 0 Å². The summed E-state index contributed by atoms with van der Waals surface area (Å²) in [6.07, 6.45) is 5.08. The fraction of sp³-hybridized carbons (Fsp3) is 0.550. The highest BCUT2D eigenvalue weighted by Crippen LogP contribution is 2.23. The Kier molecular flexibility index (Phi) is 7.16. The van der Waals surface area contributed by atoms with Crippen LogP contribution in [0.1, 0.15) is 61.9 Å². The lowest BCUT2D eigenvalue weighted by Crippen LogP contribution is -2.37. The van der Waals surface area contributed by atoms with E-state index in [-0.39, 0.29) is 24.2 Å². The van der Waals surface area contributed by atoms with Crippen LogP contribution < -0.4 is 5.32 Å². The number of carbonyl (C=O) groups excluding carboxylic acids is 3. The van der Waals surface area contributed by atoms with Gasteiger partial charge in [0.05, 0.1) is 0 Å². The molecular weight excluding hydrogens is 318 g/mol. The molecule has 5 heteroatoms. The van der Waals surface area contributed by atoms with E-state index in [2.05, 4.69) is 5.32 Å². The normalized spacial score (nSPS) is 16.1. The molecule has 1 saturated carbocycles. The molecule has 1 unspecified atom stereocenters. The second-order valence-corrected chi connectivity index (χ2v) is 6.60. The lowest BCUT2D eigenvalue weighted by molar-refractivity contribution is -0.146. The maximum absolute atomic E-state index is 12.3. The van der Waals surface area contributed by atoms with Crippen LogP contribution in [-0.4, -0.2) is 30.3 Å². The monoisotopic (exact) mass is 345 g/mol. The molecule has 1 aromatic carbocycles. The zero-order valence-electron chi connectivity index (χ0n) is 15.0. The number of rotatable bonds is 7. The number of aryl methyl sites for hydroxylation is 1. The Bertz CT molecular complexity index is 603. The first-order chi connectivity index (χ1) is 12.0. The number of ketones is 1. The fourth-order valence-corrected chi connectivity index (χ4v) is 3.10. The summed E-state index contributed by atoms with van der Waals surface area (Å²) >= 11 is 0. The molecule has 0 saturated heterocycles. The molecule has 0 bridgehead atoms. The second-order valence-electron chi connectivity index (χ2n) is 6.60. The molecule has 2 rings (SSSR count). The van der Waals surface area contributed by atoms with Crippen LogP contribution in [0, 0.1) is 5.92 Å². The lowest BCUT2D eigenvalue weighted by Gasteiger charge is -2.20. The summed E-state index contributed by atoms with van der Waals surface area (Å²) in [7, 11) is 0. The average Bonchev–Trinajstić information content (AvgIpc) is 2.66. The Hall–Kier alpha value is -2.17. The number of carbonyl (C=O) groups is 3. The van der Waals surface area contributed by atoms with Gasteiger partial charge in [-0.25, -0.2) is 0 Å². The van der Waals surface area contributed by atoms with Crippen LogP contribution in [-0.2, 0) is 20.7 Å². The van der Waals surface area contributed by atoms with Crippen molar-refractivity contribution >= 4 is 17.7 Å². The summed E-state index contributed by atoms with van der Waals surface area (Å²) in [5.74, 6) is -0.923. The molecule has 0 radical (unpaired) electrons. The molecule has 1 N–H and O–H groups in total. The van der Waals surface area contributed by atoms with Crippen LogP contribution in [0.25, 0.3) is 0 Å². The number of nitrogens with one attached hydrogen (secondary N) is 1. The van der Waals surface area contributed by atoms with Gasteiger partial charge in [0, 0.05) is 11.5 Å². The van der Waals surface area contributed by atoms with Gasteiger partial charge in [-0.2, -0.15) is 0 Å². The highest BCUT2D eigenvalue weighted by atomic mass is 16.5. The third-order valence-corrected chi connectivity index (χ3v) is 4.71.